The second-order valence-electron chi connectivity index (χ2n) is 5.16. The number of aryl methyl sites for hydroxylation is 3. The van der Waals surface area contributed by atoms with Gasteiger partial charge in [-0.05, 0) is 49.2 Å². The maximum absolute atomic E-state index is 5.82. The van der Waals surface area contributed by atoms with Gasteiger partial charge in [0.15, 0.2) is 0 Å². The van der Waals surface area contributed by atoms with E-state index in [1.54, 1.807) is 7.11 Å². The molecule has 1 heterocycles. The molecule has 2 N–H and O–H groups in total. The molecule has 0 unspecified atom stereocenters. The van der Waals surface area contributed by atoms with Crippen molar-refractivity contribution in [2.45, 2.75) is 19.9 Å². The van der Waals surface area contributed by atoms with Crippen LogP contribution in [0.4, 0.5) is 5.69 Å². The smallest absolute Gasteiger partial charge is 0.119 e. The first-order valence-electron chi connectivity index (χ1n) is 7.02. The highest BCUT2D eigenvalue weighted by atomic mass is 16.5. The summed E-state index contributed by atoms with van der Waals surface area (Å²) in [6, 6.07) is 14.1. The summed E-state index contributed by atoms with van der Waals surface area (Å²) in [5.41, 5.74) is 9.91. The number of anilines is 1. The van der Waals surface area contributed by atoms with E-state index >= 15 is 0 Å². The van der Waals surface area contributed by atoms with E-state index in [0.29, 0.717) is 0 Å². The van der Waals surface area contributed by atoms with Gasteiger partial charge in [-0.15, -0.1) is 0 Å². The van der Waals surface area contributed by atoms with Crippen LogP contribution in [-0.2, 0) is 13.0 Å². The van der Waals surface area contributed by atoms with E-state index in [1.807, 2.05) is 37.3 Å². The molecule has 0 radical (unpaired) electrons. The maximum Gasteiger partial charge on any atom is 0.119 e. The number of hydrogen-bond donors (Lipinski definition) is 1. The van der Waals surface area contributed by atoms with Crippen LogP contribution in [0.5, 0.6) is 5.75 Å². The van der Waals surface area contributed by atoms with Crippen LogP contribution in [0.15, 0.2) is 42.5 Å². The zero-order chi connectivity index (χ0) is 14.8. The van der Waals surface area contributed by atoms with Gasteiger partial charge in [0.1, 0.15) is 11.6 Å². The third kappa shape index (κ3) is 2.70. The molecule has 0 bridgehead atoms. The summed E-state index contributed by atoms with van der Waals surface area (Å²) < 4.78 is 7.50. The highest BCUT2D eigenvalue weighted by molar-refractivity contribution is 5.79. The number of rotatable bonds is 4. The molecule has 0 saturated heterocycles. The van der Waals surface area contributed by atoms with Crippen LogP contribution in [-0.4, -0.2) is 16.7 Å². The molecule has 0 saturated carbocycles. The fraction of sp³-hybridized carbons (Fsp3) is 0.235. The number of benzene rings is 2. The van der Waals surface area contributed by atoms with Gasteiger partial charge in [0.2, 0.25) is 0 Å². The lowest BCUT2D eigenvalue weighted by Crippen LogP contribution is -2.03. The summed E-state index contributed by atoms with van der Waals surface area (Å²) in [4.78, 5) is 4.58. The van der Waals surface area contributed by atoms with Crippen molar-refractivity contribution in [1.29, 1.82) is 0 Å². The molecular weight excluding hydrogens is 262 g/mol. The van der Waals surface area contributed by atoms with Crippen LogP contribution < -0.4 is 10.5 Å². The van der Waals surface area contributed by atoms with E-state index in [2.05, 4.69) is 21.7 Å². The molecule has 0 aliphatic carbocycles. The average molecular weight is 281 g/mol. The molecule has 2 aromatic carbocycles. The second-order valence-corrected chi connectivity index (χ2v) is 5.16. The molecule has 4 nitrogen and oxygen atoms in total. The van der Waals surface area contributed by atoms with Crippen molar-refractivity contribution >= 4 is 16.7 Å². The number of nitrogen functional groups attached to an aromatic ring is 1. The summed E-state index contributed by atoms with van der Waals surface area (Å²) in [6.45, 7) is 2.92. The van der Waals surface area contributed by atoms with E-state index in [1.165, 1.54) is 5.56 Å². The Morgan fingerprint density at radius 3 is 2.86 bits per heavy atom. The van der Waals surface area contributed by atoms with Crippen LogP contribution in [0.2, 0.25) is 0 Å². The number of aromatic nitrogens is 2. The summed E-state index contributed by atoms with van der Waals surface area (Å²) in [6.07, 6.45) is 0.938. The summed E-state index contributed by atoms with van der Waals surface area (Å²) >= 11 is 0. The monoisotopic (exact) mass is 281 g/mol. The highest BCUT2D eigenvalue weighted by Gasteiger charge is 2.07. The van der Waals surface area contributed by atoms with Crippen molar-refractivity contribution in [2.24, 2.45) is 0 Å². The van der Waals surface area contributed by atoms with Gasteiger partial charge in [-0.2, -0.15) is 0 Å². The van der Waals surface area contributed by atoms with Crippen molar-refractivity contribution in [3.05, 3.63) is 53.9 Å². The molecule has 4 heteroatoms. The molecule has 0 atom stereocenters. The van der Waals surface area contributed by atoms with Crippen LogP contribution in [0.25, 0.3) is 11.0 Å². The number of methoxy groups -OCH3 is 1. The molecule has 3 aromatic rings. The molecule has 1 aromatic heterocycles. The van der Waals surface area contributed by atoms with Gasteiger partial charge in [-0.3, -0.25) is 0 Å². The minimum Gasteiger partial charge on any atom is -0.497 e. The SMILES string of the molecule is COc1cccc(CCn2c(C)nc3cc(N)ccc32)c1. The molecular formula is C17H19N3O. The van der Waals surface area contributed by atoms with Crippen LogP contribution >= 0.6 is 0 Å². The van der Waals surface area contributed by atoms with Gasteiger partial charge in [-0.25, -0.2) is 4.98 Å². The predicted octanol–water partition coefficient (Wildman–Crippen LogP) is 3.18. The third-order valence-corrected chi connectivity index (χ3v) is 3.72. The Labute approximate surface area is 124 Å². The molecule has 108 valence electrons. The Kier molecular flexibility index (Phi) is 3.52. The summed E-state index contributed by atoms with van der Waals surface area (Å²) in [5.74, 6) is 1.91. The topological polar surface area (TPSA) is 53.1 Å². The van der Waals surface area contributed by atoms with Crippen molar-refractivity contribution in [3.8, 4) is 5.75 Å². The van der Waals surface area contributed by atoms with Crippen molar-refractivity contribution in [2.75, 3.05) is 12.8 Å². The van der Waals surface area contributed by atoms with Gasteiger partial charge in [0, 0.05) is 12.2 Å². The molecule has 0 spiro atoms. The number of nitrogens with two attached hydrogens (primary N) is 1. The second kappa shape index (κ2) is 5.48. The number of ether oxygens (including phenoxy) is 1. The third-order valence-electron chi connectivity index (χ3n) is 3.72. The number of nitrogens with zero attached hydrogens (tertiary/aromatic N) is 2. The van der Waals surface area contributed by atoms with Crippen molar-refractivity contribution in [1.82, 2.24) is 9.55 Å². The predicted molar refractivity (Wildman–Crippen MR) is 85.6 cm³/mol. The summed E-state index contributed by atoms with van der Waals surface area (Å²) in [5, 5.41) is 0. The lowest BCUT2D eigenvalue weighted by molar-refractivity contribution is 0.414. The molecule has 0 amide bonds. The van der Waals surface area contributed by atoms with E-state index < -0.39 is 0 Å². The Hall–Kier alpha value is -2.49. The Morgan fingerprint density at radius 1 is 1.19 bits per heavy atom. The number of imidazole rings is 1. The largest absolute Gasteiger partial charge is 0.497 e. The van der Waals surface area contributed by atoms with E-state index in [4.69, 9.17) is 10.5 Å². The van der Waals surface area contributed by atoms with Crippen LogP contribution in [0.1, 0.15) is 11.4 Å². The van der Waals surface area contributed by atoms with Crippen molar-refractivity contribution in [3.63, 3.8) is 0 Å². The first-order chi connectivity index (χ1) is 10.2. The van der Waals surface area contributed by atoms with E-state index in [0.717, 1.165) is 41.3 Å². The van der Waals surface area contributed by atoms with Gasteiger partial charge in [0.25, 0.3) is 0 Å². The minimum atomic E-state index is 0.750. The lowest BCUT2D eigenvalue weighted by atomic mass is 10.1. The highest BCUT2D eigenvalue weighted by Crippen LogP contribution is 2.20. The standard InChI is InChI=1S/C17H19N3O/c1-12-19-16-11-14(18)6-7-17(16)20(12)9-8-13-4-3-5-15(10-13)21-2/h3-7,10-11H,8-9,18H2,1-2H3. The van der Waals surface area contributed by atoms with Gasteiger partial charge >= 0.3 is 0 Å². The normalized spacial score (nSPS) is 11.0. The molecule has 0 fully saturated rings. The molecule has 3 rings (SSSR count). The van der Waals surface area contributed by atoms with Gasteiger partial charge in [-0.1, -0.05) is 12.1 Å². The quantitative estimate of drug-likeness (QED) is 0.747. The molecule has 21 heavy (non-hydrogen) atoms. The minimum absolute atomic E-state index is 0.750. The first-order valence-corrected chi connectivity index (χ1v) is 7.02. The Balaban J connectivity index is 1.86. The zero-order valence-electron chi connectivity index (χ0n) is 12.3. The number of hydrogen-bond acceptors (Lipinski definition) is 3. The Bertz CT molecular complexity index is 777. The fourth-order valence-corrected chi connectivity index (χ4v) is 2.62. The zero-order valence-corrected chi connectivity index (χ0v) is 12.3. The lowest BCUT2D eigenvalue weighted by Gasteiger charge is -2.08. The fourth-order valence-electron chi connectivity index (χ4n) is 2.62. The molecule has 0 aliphatic rings. The van der Waals surface area contributed by atoms with Crippen molar-refractivity contribution < 1.29 is 4.74 Å². The average Bonchev–Trinajstić information content (AvgIpc) is 2.80. The van der Waals surface area contributed by atoms with Crippen LogP contribution in [0, 0.1) is 6.92 Å². The van der Waals surface area contributed by atoms with Gasteiger partial charge in [0.05, 0.1) is 18.1 Å². The Morgan fingerprint density at radius 2 is 2.05 bits per heavy atom. The first kappa shape index (κ1) is 13.5. The summed E-state index contributed by atoms with van der Waals surface area (Å²) in [7, 11) is 1.69. The van der Waals surface area contributed by atoms with Gasteiger partial charge < -0.3 is 15.0 Å². The van der Waals surface area contributed by atoms with Crippen LogP contribution in [0.3, 0.4) is 0 Å². The maximum atomic E-state index is 5.82. The van der Waals surface area contributed by atoms with E-state index in [-0.39, 0.29) is 0 Å². The van der Waals surface area contributed by atoms with E-state index in [9.17, 15) is 0 Å². The number of fused-ring (bicyclic) bond motifs is 1. The molecule has 0 aliphatic heterocycles.